The molecule has 0 bridgehead atoms. The first-order chi connectivity index (χ1) is 13.7. The fourth-order valence-electron chi connectivity index (χ4n) is 2.10. The second kappa shape index (κ2) is 13.7. The molecule has 8 nitrogen and oxygen atoms in total. The molecule has 4 amide bonds. The Bertz CT molecular complexity index is 644. The summed E-state index contributed by atoms with van der Waals surface area (Å²) in [5, 5.41) is 5.64. The summed E-state index contributed by atoms with van der Waals surface area (Å²) < 4.78 is 5.45. The van der Waals surface area contributed by atoms with E-state index in [9.17, 15) is 9.59 Å². The summed E-state index contributed by atoms with van der Waals surface area (Å²) in [4.78, 5) is 33.1. The zero-order valence-corrected chi connectivity index (χ0v) is 17.0. The van der Waals surface area contributed by atoms with Gasteiger partial charge in [0, 0.05) is 47.7 Å². The largest absolute Gasteiger partial charge is 0.337 e. The molecule has 0 fully saturated rings. The van der Waals surface area contributed by atoms with E-state index >= 15 is 0 Å². The van der Waals surface area contributed by atoms with Crippen LogP contribution in [0.25, 0.3) is 0 Å². The van der Waals surface area contributed by atoms with Gasteiger partial charge in [-0.3, -0.25) is 19.4 Å². The fraction of sp³-hybridized carbons (Fsp3) is 0.333. The molecule has 0 saturated heterocycles. The standard InChI is InChI=1S/C18H24N6O2S2/c25-17(23-27-15-5-11-19-12-6-15)21-9-3-1-2-4-10-22-18(26)24-28-16-7-13-20-14-8-16/h5-8,11-14H,1-4,9-10H2,(H2,21,23,25)(H2,22,24,26). The third kappa shape index (κ3) is 10.0. The van der Waals surface area contributed by atoms with Crippen molar-refractivity contribution < 1.29 is 9.59 Å². The number of amides is 4. The first-order valence-corrected chi connectivity index (χ1v) is 10.6. The van der Waals surface area contributed by atoms with E-state index in [1.54, 1.807) is 24.8 Å². The van der Waals surface area contributed by atoms with Crippen molar-refractivity contribution in [3.63, 3.8) is 0 Å². The highest BCUT2D eigenvalue weighted by Crippen LogP contribution is 2.12. The van der Waals surface area contributed by atoms with Crippen LogP contribution in [0.4, 0.5) is 9.59 Å². The van der Waals surface area contributed by atoms with Crippen LogP contribution in [0.1, 0.15) is 25.7 Å². The van der Waals surface area contributed by atoms with Gasteiger partial charge in [0.2, 0.25) is 0 Å². The first-order valence-electron chi connectivity index (χ1n) is 8.95. The van der Waals surface area contributed by atoms with Crippen LogP contribution in [0, 0.1) is 0 Å². The van der Waals surface area contributed by atoms with Crippen LogP contribution in [-0.2, 0) is 0 Å². The third-order valence-electron chi connectivity index (χ3n) is 3.50. The second-order valence-corrected chi connectivity index (χ2v) is 7.46. The number of carbonyl (C=O) groups excluding carboxylic acids is 2. The maximum atomic E-state index is 11.7. The molecule has 0 aliphatic rings. The van der Waals surface area contributed by atoms with Crippen molar-refractivity contribution in [2.75, 3.05) is 13.1 Å². The van der Waals surface area contributed by atoms with Gasteiger partial charge in [0.05, 0.1) is 0 Å². The summed E-state index contributed by atoms with van der Waals surface area (Å²) in [6, 6.07) is 6.92. The van der Waals surface area contributed by atoms with Gasteiger partial charge in [0.15, 0.2) is 0 Å². The Labute approximate surface area is 173 Å². The van der Waals surface area contributed by atoms with Gasteiger partial charge in [-0.15, -0.1) is 0 Å². The number of pyridine rings is 2. The quantitative estimate of drug-likeness (QED) is 0.328. The molecule has 2 aromatic rings. The average Bonchev–Trinajstić information content (AvgIpc) is 2.74. The Morgan fingerprint density at radius 1 is 0.679 bits per heavy atom. The summed E-state index contributed by atoms with van der Waals surface area (Å²) in [5.74, 6) is 0. The Morgan fingerprint density at radius 2 is 1.07 bits per heavy atom. The minimum absolute atomic E-state index is 0.202. The molecule has 0 saturated carbocycles. The van der Waals surface area contributed by atoms with E-state index < -0.39 is 0 Å². The Balaban J connectivity index is 1.39. The van der Waals surface area contributed by atoms with Gasteiger partial charge in [-0.1, -0.05) is 12.8 Å². The number of aromatic nitrogens is 2. The molecule has 150 valence electrons. The van der Waals surface area contributed by atoms with Crippen LogP contribution >= 0.6 is 23.9 Å². The molecule has 2 heterocycles. The topological polar surface area (TPSA) is 108 Å². The number of nitrogens with one attached hydrogen (secondary N) is 4. The highest BCUT2D eigenvalue weighted by molar-refractivity contribution is 7.98. The monoisotopic (exact) mass is 420 g/mol. The number of unbranched alkanes of at least 4 members (excludes halogenated alkanes) is 3. The van der Waals surface area contributed by atoms with Crippen LogP contribution in [0.5, 0.6) is 0 Å². The first kappa shape index (κ1) is 21.8. The Kier molecular flexibility index (Phi) is 10.7. The minimum Gasteiger partial charge on any atom is -0.337 e. The van der Waals surface area contributed by atoms with Gasteiger partial charge in [-0.05, 0) is 61.0 Å². The highest BCUT2D eigenvalue weighted by atomic mass is 32.2. The van der Waals surface area contributed by atoms with Gasteiger partial charge in [0.1, 0.15) is 0 Å². The van der Waals surface area contributed by atoms with Gasteiger partial charge in [-0.25, -0.2) is 9.59 Å². The molecule has 0 spiro atoms. The molecule has 2 aromatic heterocycles. The summed E-state index contributed by atoms with van der Waals surface area (Å²) in [5.41, 5.74) is 0. The number of hydrogen-bond acceptors (Lipinski definition) is 6. The molecule has 0 aromatic carbocycles. The number of carbonyl (C=O) groups is 2. The summed E-state index contributed by atoms with van der Waals surface area (Å²) in [6.07, 6.45) is 10.5. The summed E-state index contributed by atoms with van der Waals surface area (Å²) in [7, 11) is 0. The van der Waals surface area contributed by atoms with E-state index in [1.165, 1.54) is 23.9 Å². The van der Waals surface area contributed by atoms with Crippen molar-refractivity contribution in [2.45, 2.75) is 35.5 Å². The molecule has 2 rings (SSSR count). The molecule has 4 N–H and O–H groups in total. The molecule has 0 unspecified atom stereocenters. The van der Waals surface area contributed by atoms with Crippen molar-refractivity contribution in [3.05, 3.63) is 49.1 Å². The summed E-state index contributed by atoms with van der Waals surface area (Å²) in [6.45, 7) is 1.25. The molecule has 28 heavy (non-hydrogen) atoms. The molecule has 10 heteroatoms. The van der Waals surface area contributed by atoms with Gasteiger partial charge >= 0.3 is 12.1 Å². The Hall–Kier alpha value is -2.46. The van der Waals surface area contributed by atoms with Crippen LogP contribution in [-0.4, -0.2) is 35.1 Å². The third-order valence-corrected chi connectivity index (χ3v) is 5.09. The molecular weight excluding hydrogens is 396 g/mol. The van der Waals surface area contributed by atoms with E-state index in [1.807, 2.05) is 24.3 Å². The van der Waals surface area contributed by atoms with Crippen molar-refractivity contribution in [3.8, 4) is 0 Å². The van der Waals surface area contributed by atoms with Crippen molar-refractivity contribution in [1.82, 2.24) is 30.0 Å². The molecule has 0 radical (unpaired) electrons. The second-order valence-electron chi connectivity index (χ2n) is 5.70. The van der Waals surface area contributed by atoms with Crippen LogP contribution < -0.4 is 20.1 Å². The zero-order valence-electron chi connectivity index (χ0n) is 15.4. The Morgan fingerprint density at radius 3 is 1.46 bits per heavy atom. The number of nitrogens with zero attached hydrogens (tertiary/aromatic N) is 2. The van der Waals surface area contributed by atoms with E-state index in [-0.39, 0.29) is 12.1 Å². The van der Waals surface area contributed by atoms with Crippen molar-refractivity contribution in [1.29, 1.82) is 0 Å². The predicted octanol–water partition coefficient (Wildman–Crippen LogP) is 3.35. The fourth-order valence-corrected chi connectivity index (χ4v) is 3.18. The number of urea groups is 2. The van der Waals surface area contributed by atoms with Crippen LogP contribution in [0.2, 0.25) is 0 Å². The lowest BCUT2D eigenvalue weighted by atomic mass is 10.2. The van der Waals surface area contributed by atoms with Crippen molar-refractivity contribution in [2.24, 2.45) is 0 Å². The molecule has 0 aliphatic heterocycles. The smallest absolute Gasteiger partial charge is 0.325 e. The minimum atomic E-state index is -0.202. The normalized spacial score (nSPS) is 10.1. The van der Waals surface area contributed by atoms with Gasteiger partial charge < -0.3 is 10.6 Å². The lowest BCUT2D eigenvalue weighted by Gasteiger charge is -2.08. The van der Waals surface area contributed by atoms with Gasteiger partial charge in [0.25, 0.3) is 0 Å². The zero-order chi connectivity index (χ0) is 19.9. The van der Waals surface area contributed by atoms with Crippen LogP contribution in [0.15, 0.2) is 58.8 Å². The van der Waals surface area contributed by atoms with E-state index in [2.05, 4.69) is 30.0 Å². The number of hydrogen-bond donors (Lipinski definition) is 4. The maximum absolute atomic E-state index is 11.7. The lowest BCUT2D eigenvalue weighted by Crippen LogP contribution is -2.32. The predicted molar refractivity (Wildman–Crippen MR) is 112 cm³/mol. The van der Waals surface area contributed by atoms with E-state index in [4.69, 9.17) is 0 Å². The summed E-state index contributed by atoms with van der Waals surface area (Å²) >= 11 is 2.51. The van der Waals surface area contributed by atoms with E-state index in [0.717, 1.165) is 35.5 Å². The van der Waals surface area contributed by atoms with Crippen molar-refractivity contribution >= 4 is 36.0 Å². The number of rotatable bonds is 11. The lowest BCUT2D eigenvalue weighted by molar-refractivity contribution is 0.245. The van der Waals surface area contributed by atoms with Crippen LogP contribution in [0.3, 0.4) is 0 Å². The molecular formula is C18H24N6O2S2. The maximum Gasteiger partial charge on any atom is 0.325 e. The SMILES string of the molecule is O=C(NCCCCCCNC(=O)NSc1ccncc1)NSc1ccncc1. The molecule has 0 aliphatic carbocycles. The highest BCUT2D eigenvalue weighted by Gasteiger charge is 2.02. The van der Waals surface area contributed by atoms with E-state index in [0.29, 0.717) is 13.1 Å². The average molecular weight is 421 g/mol. The van der Waals surface area contributed by atoms with Gasteiger partial charge in [-0.2, -0.15) is 0 Å². The molecule has 0 atom stereocenters.